The van der Waals surface area contributed by atoms with Gasteiger partial charge in [0.15, 0.2) is 5.65 Å². The molecule has 0 aliphatic carbocycles. The summed E-state index contributed by atoms with van der Waals surface area (Å²) in [5.74, 6) is 1.34. The van der Waals surface area contributed by atoms with E-state index < -0.39 is 0 Å². The van der Waals surface area contributed by atoms with Gasteiger partial charge in [0.1, 0.15) is 12.1 Å². The molecule has 3 unspecified atom stereocenters. The average Bonchev–Trinajstić information content (AvgIpc) is 2.91. The van der Waals surface area contributed by atoms with Gasteiger partial charge in [-0.05, 0) is 27.7 Å². The summed E-state index contributed by atoms with van der Waals surface area (Å²) in [6.07, 6.45) is 1.59. The molecule has 3 heterocycles. The molecule has 3 rings (SSSR count). The number of hydrogen-bond donors (Lipinski definition) is 3. The summed E-state index contributed by atoms with van der Waals surface area (Å²) in [7, 11) is 1.91. The fraction of sp³-hybridized carbons (Fsp3) is 0.643. The maximum atomic E-state index is 4.44. The van der Waals surface area contributed by atoms with Crippen LogP contribution in [-0.4, -0.2) is 37.9 Å². The summed E-state index contributed by atoms with van der Waals surface area (Å²) in [6, 6.07) is 1.11. The van der Waals surface area contributed by atoms with Crippen LogP contribution in [0.3, 0.4) is 0 Å². The molecular weight excluding hydrogens is 266 g/mol. The van der Waals surface area contributed by atoms with Crippen LogP contribution in [0.1, 0.15) is 26.5 Å². The minimum absolute atomic E-state index is 0.287. The standard InChI is InChI=1S/C14H23N7/c1-7(11-8(2)18-19-9(11)3)17-13-12-10(4)20-21(5)14(12)16-6-15-13/h6-9,11,18-19H,1-5H3,(H,15,16,17). The molecule has 2 aromatic heterocycles. The lowest BCUT2D eigenvalue weighted by atomic mass is 9.89. The van der Waals surface area contributed by atoms with Gasteiger partial charge in [0.2, 0.25) is 0 Å². The minimum Gasteiger partial charge on any atom is -0.366 e. The number of nitrogens with one attached hydrogen (secondary N) is 3. The number of aryl methyl sites for hydroxylation is 2. The Kier molecular flexibility index (Phi) is 3.54. The van der Waals surface area contributed by atoms with Gasteiger partial charge in [-0.15, -0.1) is 0 Å². The molecule has 7 nitrogen and oxygen atoms in total. The van der Waals surface area contributed by atoms with Gasteiger partial charge < -0.3 is 5.32 Å². The zero-order valence-corrected chi connectivity index (χ0v) is 13.2. The molecule has 114 valence electrons. The SMILES string of the molecule is Cc1nn(C)c2ncnc(NC(C)C3C(C)NNC3C)c12. The molecule has 1 aliphatic rings. The summed E-state index contributed by atoms with van der Waals surface area (Å²) >= 11 is 0. The van der Waals surface area contributed by atoms with Gasteiger partial charge in [-0.1, -0.05) is 0 Å². The van der Waals surface area contributed by atoms with Crippen molar-refractivity contribution in [3.05, 3.63) is 12.0 Å². The molecule has 0 aromatic carbocycles. The summed E-state index contributed by atoms with van der Waals surface area (Å²) in [6.45, 7) is 8.59. The van der Waals surface area contributed by atoms with Gasteiger partial charge >= 0.3 is 0 Å². The summed E-state index contributed by atoms with van der Waals surface area (Å²) in [5, 5.41) is 9.00. The van der Waals surface area contributed by atoms with Gasteiger partial charge in [0.25, 0.3) is 0 Å². The van der Waals surface area contributed by atoms with Crippen LogP contribution in [0.25, 0.3) is 11.0 Å². The molecule has 0 bridgehead atoms. The van der Waals surface area contributed by atoms with Crippen LogP contribution in [0.2, 0.25) is 0 Å². The third-order valence-electron chi connectivity index (χ3n) is 4.43. The molecular formula is C14H23N7. The van der Waals surface area contributed by atoms with Gasteiger partial charge in [-0.25, -0.2) is 9.97 Å². The van der Waals surface area contributed by atoms with Crippen LogP contribution >= 0.6 is 0 Å². The average molecular weight is 289 g/mol. The monoisotopic (exact) mass is 289 g/mol. The van der Waals surface area contributed by atoms with E-state index in [0.717, 1.165) is 22.5 Å². The second-order valence-corrected chi connectivity index (χ2v) is 6.01. The van der Waals surface area contributed by atoms with Crippen LogP contribution in [0.4, 0.5) is 5.82 Å². The Morgan fingerprint density at radius 3 is 2.57 bits per heavy atom. The van der Waals surface area contributed by atoms with Crippen molar-refractivity contribution in [2.75, 3.05) is 5.32 Å². The molecule has 1 aliphatic heterocycles. The number of anilines is 1. The molecule has 3 N–H and O–H groups in total. The molecule has 21 heavy (non-hydrogen) atoms. The Hall–Kier alpha value is -1.73. The molecule has 1 saturated heterocycles. The van der Waals surface area contributed by atoms with Crippen molar-refractivity contribution in [2.24, 2.45) is 13.0 Å². The highest BCUT2D eigenvalue weighted by Crippen LogP contribution is 2.26. The fourth-order valence-electron chi connectivity index (χ4n) is 3.45. The zero-order valence-electron chi connectivity index (χ0n) is 13.2. The normalized spacial score (nSPS) is 27.2. The van der Waals surface area contributed by atoms with Gasteiger partial charge in [0.05, 0.1) is 11.1 Å². The van der Waals surface area contributed by atoms with E-state index in [-0.39, 0.29) is 6.04 Å². The zero-order chi connectivity index (χ0) is 15.1. The van der Waals surface area contributed by atoms with Crippen molar-refractivity contribution in [3.63, 3.8) is 0 Å². The van der Waals surface area contributed by atoms with Crippen molar-refractivity contribution in [1.82, 2.24) is 30.6 Å². The van der Waals surface area contributed by atoms with Gasteiger partial charge in [0, 0.05) is 31.1 Å². The molecule has 0 spiro atoms. The Balaban J connectivity index is 1.91. The number of hydrogen-bond acceptors (Lipinski definition) is 6. The van der Waals surface area contributed by atoms with Crippen molar-refractivity contribution >= 4 is 16.9 Å². The van der Waals surface area contributed by atoms with E-state index in [1.54, 1.807) is 11.0 Å². The van der Waals surface area contributed by atoms with E-state index in [2.05, 4.69) is 52.0 Å². The van der Waals surface area contributed by atoms with E-state index in [1.807, 2.05) is 14.0 Å². The maximum absolute atomic E-state index is 4.44. The topological polar surface area (TPSA) is 79.7 Å². The number of hydrazine groups is 1. The van der Waals surface area contributed by atoms with E-state index in [9.17, 15) is 0 Å². The minimum atomic E-state index is 0.287. The summed E-state index contributed by atoms with van der Waals surface area (Å²) < 4.78 is 1.80. The number of nitrogens with zero attached hydrogens (tertiary/aromatic N) is 4. The van der Waals surface area contributed by atoms with Gasteiger partial charge in [-0.2, -0.15) is 5.10 Å². The molecule has 1 fully saturated rings. The highest BCUT2D eigenvalue weighted by Gasteiger charge is 2.34. The highest BCUT2D eigenvalue weighted by molar-refractivity contribution is 5.89. The second kappa shape index (κ2) is 5.23. The first kappa shape index (κ1) is 14.2. The Labute approximate surface area is 124 Å². The Bertz CT molecular complexity index is 640. The first-order chi connectivity index (χ1) is 9.99. The molecule has 2 aromatic rings. The van der Waals surface area contributed by atoms with Crippen molar-refractivity contribution in [2.45, 2.75) is 45.8 Å². The predicted octanol–water partition coefficient (Wildman–Crippen LogP) is 0.973. The lowest BCUT2D eigenvalue weighted by Crippen LogP contribution is -2.38. The predicted molar refractivity (Wildman–Crippen MR) is 82.8 cm³/mol. The maximum Gasteiger partial charge on any atom is 0.163 e. The van der Waals surface area contributed by atoms with Crippen LogP contribution in [0.5, 0.6) is 0 Å². The van der Waals surface area contributed by atoms with Crippen LogP contribution < -0.4 is 16.2 Å². The third kappa shape index (κ3) is 2.36. The van der Waals surface area contributed by atoms with Crippen molar-refractivity contribution in [3.8, 4) is 0 Å². The third-order valence-corrected chi connectivity index (χ3v) is 4.43. The largest absolute Gasteiger partial charge is 0.366 e. The van der Waals surface area contributed by atoms with E-state index in [0.29, 0.717) is 18.0 Å². The number of fused-ring (bicyclic) bond motifs is 1. The van der Waals surface area contributed by atoms with Gasteiger partial charge in [-0.3, -0.25) is 15.5 Å². The fourth-order valence-corrected chi connectivity index (χ4v) is 3.45. The first-order valence-electron chi connectivity index (χ1n) is 7.41. The first-order valence-corrected chi connectivity index (χ1v) is 7.41. The smallest absolute Gasteiger partial charge is 0.163 e. The molecule has 7 heteroatoms. The second-order valence-electron chi connectivity index (χ2n) is 6.01. The lowest BCUT2D eigenvalue weighted by molar-refractivity contribution is 0.397. The van der Waals surface area contributed by atoms with Crippen molar-refractivity contribution in [1.29, 1.82) is 0 Å². The lowest BCUT2D eigenvalue weighted by Gasteiger charge is -2.26. The molecule has 0 amide bonds. The molecule has 0 saturated carbocycles. The highest BCUT2D eigenvalue weighted by atomic mass is 15.4. The summed E-state index contributed by atoms with van der Waals surface area (Å²) in [4.78, 5) is 8.75. The van der Waals surface area contributed by atoms with Crippen LogP contribution in [0, 0.1) is 12.8 Å². The van der Waals surface area contributed by atoms with E-state index in [4.69, 9.17) is 0 Å². The van der Waals surface area contributed by atoms with Crippen LogP contribution in [0.15, 0.2) is 6.33 Å². The quantitative estimate of drug-likeness (QED) is 0.781. The summed E-state index contributed by atoms with van der Waals surface area (Å²) in [5.41, 5.74) is 8.41. The number of rotatable bonds is 3. The van der Waals surface area contributed by atoms with Crippen LogP contribution in [-0.2, 0) is 7.05 Å². The van der Waals surface area contributed by atoms with Crippen molar-refractivity contribution < 1.29 is 0 Å². The van der Waals surface area contributed by atoms with E-state index >= 15 is 0 Å². The Morgan fingerprint density at radius 1 is 1.24 bits per heavy atom. The number of aromatic nitrogens is 4. The molecule has 3 atom stereocenters. The van der Waals surface area contributed by atoms with E-state index in [1.165, 1.54) is 0 Å². The molecule has 0 radical (unpaired) electrons. The Morgan fingerprint density at radius 2 is 1.90 bits per heavy atom.